The molecule has 0 aromatic heterocycles. The zero-order valence-electron chi connectivity index (χ0n) is 9.93. The summed E-state index contributed by atoms with van der Waals surface area (Å²) in [4.78, 5) is 22.0. The van der Waals surface area contributed by atoms with Crippen molar-refractivity contribution in [1.82, 2.24) is 0 Å². The summed E-state index contributed by atoms with van der Waals surface area (Å²) in [5, 5.41) is 18.5. The van der Waals surface area contributed by atoms with Crippen molar-refractivity contribution in [3.05, 3.63) is 57.6 Å². The zero-order valence-corrected chi connectivity index (χ0v) is 11.4. The van der Waals surface area contributed by atoms with Crippen LogP contribution in [-0.4, -0.2) is 22.2 Å². The van der Waals surface area contributed by atoms with Crippen LogP contribution in [0.1, 0.15) is 20.7 Å². The molecule has 6 heteroatoms. The number of hydrogen-bond acceptors (Lipinski definition) is 2. The molecule has 0 amide bonds. The molecule has 0 radical (unpaired) electrons. The molecule has 0 aliphatic heterocycles. The molecule has 20 heavy (non-hydrogen) atoms. The molecular formula is C14H8Cl2O4. The number of rotatable bonds is 3. The van der Waals surface area contributed by atoms with Crippen LogP contribution in [0.3, 0.4) is 0 Å². The quantitative estimate of drug-likeness (QED) is 0.896. The maximum Gasteiger partial charge on any atom is 0.335 e. The fourth-order valence-electron chi connectivity index (χ4n) is 1.76. The molecule has 0 saturated carbocycles. The number of halogens is 2. The van der Waals surface area contributed by atoms with Crippen LogP contribution in [0.2, 0.25) is 10.0 Å². The molecule has 2 rings (SSSR count). The number of carboxylic acids is 2. The summed E-state index contributed by atoms with van der Waals surface area (Å²) < 4.78 is 0. The lowest BCUT2D eigenvalue weighted by Gasteiger charge is -2.07. The summed E-state index contributed by atoms with van der Waals surface area (Å²) in [7, 11) is 0. The number of carbonyl (C=O) groups is 2. The molecule has 0 aliphatic carbocycles. The molecule has 4 nitrogen and oxygen atoms in total. The van der Waals surface area contributed by atoms with Crippen LogP contribution in [0, 0.1) is 0 Å². The molecule has 0 fully saturated rings. The van der Waals surface area contributed by atoms with Gasteiger partial charge in [-0.1, -0.05) is 23.2 Å². The van der Waals surface area contributed by atoms with E-state index < -0.39 is 11.9 Å². The second-order valence-corrected chi connectivity index (χ2v) is 4.94. The maximum atomic E-state index is 11.0. The largest absolute Gasteiger partial charge is 0.478 e. The van der Waals surface area contributed by atoms with Crippen LogP contribution in [0.25, 0.3) is 11.1 Å². The predicted molar refractivity (Wildman–Crippen MR) is 75.8 cm³/mol. The Morgan fingerprint density at radius 1 is 0.700 bits per heavy atom. The van der Waals surface area contributed by atoms with E-state index in [2.05, 4.69) is 0 Å². The van der Waals surface area contributed by atoms with Gasteiger partial charge in [0.2, 0.25) is 0 Å². The Morgan fingerprint density at radius 2 is 1.05 bits per heavy atom. The van der Waals surface area contributed by atoms with Crippen LogP contribution in [0.4, 0.5) is 0 Å². The minimum absolute atomic E-state index is 0.0179. The van der Waals surface area contributed by atoms with Crippen molar-refractivity contribution in [2.45, 2.75) is 0 Å². The first-order chi connectivity index (χ1) is 9.36. The Kier molecular flexibility index (Phi) is 3.97. The van der Waals surface area contributed by atoms with Crippen LogP contribution < -0.4 is 0 Å². The highest BCUT2D eigenvalue weighted by atomic mass is 35.5. The third-order valence-corrected chi connectivity index (χ3v) is 3.06. The van der Waals surface area contributed by atoms with Crippen molar-refractivity contribution in [1.29, 1.82) is 0 Å². The van der Waals surface area contributed by atoms with E-state index in [0.29, 0.717) is 11.1 Å². The van der Waals surface area contributed by atoms with Crippen LogP contribution in [0.15, 0.2) is 36.4 Å². The molecule has 0 bridgehead atoms. The second-order valence-electron chi connectivity index (χ2n) is 4.07. The summed E-state index contributed by atoms with van der Waals surface area (Å²) in [6, 6.07) is 8.54. The van der Waals surface area contributed by atoms with Crippen molar-refractivity contribution >= 4 is 35.1 Å². The zero-order chi connectivity index (χ0) is 14.9. The minimum atomic E-state index is -1.12. The minimum Gasteiger partial charge on any atom is -0.478 e. The molecule has 0 heterocycles. The second kappa shape index (κ2) is 5.53. The smallest absolute Gasteiger partial charge is 0.335 e. The number of aromatic carboxylic acids is 2. The first kappa shape index (κ1) is 14.4. The van der Waals surface area contributed by atoms with Crippen molar-refractivity contribution in [2.75, 3.05) is 0 Å². The van der Waals surface area contributed by atoms with E-state index in [1.165, 1.54) is 24.3 Å². The van der Waals surface area contributed by atoms with Gasteiger partial charge in [0.25, 0.3) is 0 Å². The van der Waals surface area contributed by atoms with Gasteiger partial charge in [-0.05, 0) is 47.5 Å². The summed E-state index contributed by atoms with van der Waals surface area (Å²) in [6.45, 7) is 0. The van der Waals surface area contributed by atoms with E-state index in [4.69, 9.17) is 33.4 Å². The Balaban J connectivity index is 2.62. The van der Waals surface area contributed by atoms with E-state index in [-0.39, 0.29) is 21.2 Å². The molecule has 2 N–H and O–H groups in total. The molecule has 0 saturated heterocycles. The number of hydrogen-bond donors (Lipinski definition) is 2. The van der Waals surface area contributed by atoms with Gasteiger partial charge in [0, 0.05) is 10.0 Å². The molecule has 2 aromatic rings. The van der Waals surface area contributed by atoms with Gasteiger partial charge < -0.3 is 10.2 Å². The van der Waals surface area contributed by atoms with Gasteiger partial charge in [-0.15, -0.1) is 0 Å². The van der Waals surface area contributed by atoms with E-state index in [0.717, 1.165) is 0 Å². The fourth-order valence-corrected chi connectivity index (χ4v) is 2.23. The third kappa shape index (κ3) is 3.10. The highest BCUT2D eigenvalue weighted by Gasteiger charge is 2.11. The standard InChI is InChI=1S/C14H8Cl2O4/c15-11-3-7(1-9(5-11)13(17)18)8-2-10(14(19)20)6-12(16)4-8/h1-6H,(H,17,18)(H,19,20). The Morgan fingerprint density at radius 3 is 1.35 bits per heavy atom. The van der Waals surface area contributed by atoms with Crippen molar-refractivity contribution in [2.24, 2.45) is 0 Å². The van der Waals surface area contributed by atoms with Crippen molar-refractivity contribution < 1.29 is 19.8 Å². The maximum absolute atomic E-state index is 11.0. The van der Waals surface area contributed by atoms with E-state index in [9.17, 15) is 9.59 Å². The van der Waals surface area contributed by atoms with Gasteiger partial charge in [-0.2, -0.15) is 0 Å². The van der Waals surface area contributed by atoms with Crippen LogP contribution in [-0.2, 0) is 0 Å². The van der Waals surface area contributed by atoms with Gasteiger partial charge in [-0.3, -0.25) is 0 Å². The van der Waals surface area contributed by atoms with Gasteiger partial charge in [0.05, 0.1) is 11.1 Å². The molecule has 0 spiro atoms. The summed E-state index contributed by atoms with van der Waals surface area (Å²) >= 11 is 11.7. The monoisotopic (exact) mass is 310 g/mol. The SMILES string of the molecule is O=C(O)c1cc(Cl)cc(-c2cc(Cl)cc(C(=O)O)c2)c1. The first-order valence-electron chi connectivity index (χ1n) is 5.45. The normalized spacial score (nSPS) is 10.3. The number of benzene rings is 2. The van der Waals surface area contributed by atoms with Crippen molar-refractivity contribution in [3.63, 3.8) is 0 Å². The molecule has 102 valence electrons. The number of carboxylic acid groups (broad SMARTS) is 2. The third-order valence-electron chi connectivity index (χ3n) is 2.62. The van der Waals surface area contributed by atoms with Crippen molar-refractivity contribution in [3.8, 4) is 11.1 Å². The predicted octanol–water partition coefficient (Wildman–Crippen LogP) is 4.06. The van der Waals surface area contributed by atoms with Gasteiger partial charge >= 0.3 is 11.9 Å². The lowest BCUT2D eigenvalue weighted by molar-refractivity contribution is 0.0686. The van der Waals surface area contributed by atoms with E-state index in [1.54, 1.807) is 12.1 Å². The lowest BCUT2D eigenvalue weighted by atomic mass is 10.0. The molecular weight excluding hydrogens is 303 g/mol. The highest BCUT2D eigenvalue weighted by molar-refractivity contribution is 6.32. The topological polar surface area (TPSA) is 74.6 Å². The molecule has 0 atom stereocenters. The Hall–Kier alpha value is -2.04. The average Bonchev–Trinajstić information content (AvgIpc) is 2.37. The molecule has 0 aliphatic rings. The Labute approximate surface area is 124 Å². The van der Waals surface area contributed by atoms with Gasteiger partial charge in [0.1, 0.15) is 0 Å². The molecule has 2 aromatic carbocycles. The van der Waals surface area contributed by atoms with Gasteiger partial charge in [0.15, 0.2) is 0 Å². The summed E-state index contributed by atoms with van der Waals surface area (Å²) in [5.74, 6) is -2.23. The summed E-state index contributed by atoms with van der Waals surface area (Å²) in [6.07, 6.45) is 0. The molecule has 0 unspecified atom stereocenters. The average molecular weight is 311 g/mol. The van der Waals surface area contributed by atoms with E-state index >= 15 is 0 Å². The Bertz CT molecular complexity index is 649. The van der Waals surface area contributed by atoms with E-state index in [1.807, 2.05) is 0 Å². The lowest BCUT2D eigenvalue weighted by Crippen LogP contribution is -1.98. The fraction of sp³-hybridized carbons (Fsp3) is 0. The first-order valence-corrected chi connectivity index (χ1v) is 6.20. The van der Waals surface area contributed by atoms with Crippen LogP contribution in [0.5, 0.6) is 0 Å². The van der Waals surface area contributed by atoms with Crippen LogP contribution >= 0.6 is 23.2 Å². The van der Waals surface area contributed by atoms with Gasteiger partial charge in [-0.25, -0.2) is 9.59 Å². The summed E-state index contributed by atoms with van der Waals surface area (Å²) in [5.41, 5.74) is 1.01. The highest BCUT2D eigenvalue weighted by Crippen LogP contribution is 2.28.